The predicted molar refractivity (Wildman–Crippen MR) is 69.4 cm³/mol. The molecule has 104 valence electrons. The molecule has 0 aliphatic carbocycles. The van der Waals surface area contributed by atoms with Crippen LogP contribution in [0.5, 0.6) is 0 Å². The Morgan fingerprint density at radius 2 is 2.16 bits per heavy atom. The Bertz CT molecular complexity index is 477. The highest BCUT2D eigenvalue weighted by Gasteiger charge is 2.15. The van der Waals surface area contributed by atoms with E-state index in [1.165, 1.54) is 0 Å². The minimum atomic E-state index is -1.17. The van der Waals surface area contributed by atoms with Gasteiger partial charge in [0.2, 0.25) is 5.91 Å². The summed E-state index contributed by atoms with van der Waals surface area (Å²) in [6.45, 7) is 2.20. The van der Waals surface area contributed by atoms with Gasteiger partial charge in [-0.1, -0.05) is 6.92 Å². The van der Waals surface area contributed by atoms with Crippen LogP contribution < -0.4 is 11.1 Å². The second kappa shape index (κ2) is 6.84. The summed E-state index contributed by atoms with van der Waals surface area (Å²) in [5.74, 6) is -2.50. The molecular weight excluding hydrogens is 251 g/mol. The Kier molecular flexibility index (Phi) is 5.44. The zero-order chi connectivity index (χ0) is 14.4. The number of anilines is 1. The SMILES string of the molecule is CC(CCCN)C(=O)Nc1cc(C(=O)O)ccc1F. The average Bonchev–Trinajstić information content (AvgIpc) is 2.38. The number of amides is 1. The van der Waals surface area contributed by atoms with Gasteiger partial charge in [0.25, 0.3) is 0 Å². The maximum Gasteiger partial charge on any atom is 0.335 e. The minimum Gasteiger partial charge on any atom is -0.478 e. The van der Waals surface area contributed by atoms with Crippen molar-refractivity contribution >= 4 is 17.6 Å². The lowest BCUT2D eigenvalue weighted by Gasteiger charge is -2.12. The molecule has 1 atom stereocenters. The molecule has 5 nitrogen and oxygen atoms in total. The zero-order valence-electron chi connectivity index (χ0n) is 10.6. The molecule has 4 N–H and O–H groups in total. The Balaban J connectivity index is 2.78. The lowest BCUT2D eigenvalue weighted by Crippen LogP contribution is -2.22. The number of nitrogens with two attached hydrogens (primary N) is 1. The van der Waals surface area contributed by atoms with Crippen molar-refractivity contribution < 1.29 is 19.1 Å². The first kappa shape index (κ1) is 15.1. The first-order valence-electron chi connectivity index (χ1n) is 5.99. The van der Waals surface area contributed by atoms with Crippen molar-refractivity contribution in [3.63, 3.8) is 0 Å². The summed E-state index contributed by atoms with van der Waals surface area (Å²) < 4.78 is 13.5. The van der Waals surface area contributed by atoms with E-state index in [0.29, 0.717) is 19.4 Å². The molecule has 0 radical (unpaired) electrons. The van der Waals surface area contributed by atoms with Crippen molar-refractivity contribution in [2.45, 2.75) is 19.8 Å². The van der Waals surface area contributed by atoms with Crippen LogP contribution in [-0.4, -0.2) is 23.5 Å². The number of hydrogen-bond acceptors (Lipinski definition) is 3. The molecule has 1 rings (SSSR count). The third kappa shape index (κ3) is 4.33. The van der Waals surface area contributed by atoms with Gasteiger partial charge in [-0.2, -0.15) is 0 Å². The van der Waals surface area contributed by atoms with Crippen LogP contribution in [-0.2, 0) is 4.79 Å². The van der Waals surface area contributed by atoms with E-state index in [2.05, 4.69) is 5.32 Å². The molecule has 1 aromatic rings. The number of carboxylic acids is 1. The molecule has 0 aliphatic rings. The number of carbonyl (C=O) groups excluding carboxylic acids is 1. The molecule has 0 fully saturated rings. The molecule has 0 spiro atoms. The Hall–Kier alpha value is -1.95. The largest absolute Gasteiger partial charge is 0.478 e. The number of hydrogen-bond donors (Lipinski definition) is 3. The van der Waals surface area contributed by atoms with E-state index in [0.717, 1.165) is 18.2 Å². The van der Waals surface area contributed by atoms with E-state index in [1.54, 1.807) is 6.92 Å². The van der Waals surface area contributed by atoms with Crippen molar-refractivity contribution in [1.82, 2.24) is 0 Å². The minimum absolute atomic E-state index is 0.0775. The van der Waals surface area contributed by atoms with Crippen LogP contribution in [0, 0.1) is 11.7 Å². The summed E-state index contributed by atoms with van der Waals surface area (Å²) >= 11 is 0. The molecule has 1 amide bonds. The van der Waals surface area contributed by atoms with E-state index in [1.807, 2.05) is 0 Å². The fraction of sp³-hybridized carbons (Fsp3) is 0.385. The van der Waals surface area contributed by atoms with Crippen LogP contribution in [0.3, 0.4) is 0 Å². The fourth-order valence-corrected chi connectivity index (χ4v) is 1.57. The molecule has 0 saturated heterocycles. The van der Waals surface area contributed by atoms with Gasteiger partial charge in [0.15, 0.2) is 0 Å². The highest BCUT2D eigenvalue weighted by atomic mass is 19.1. The van der Waals surface area contributed by atoms with E-state index >= 15 is 0 Å². The number of nitrogens with one attached hydrogen (secondary N) is 1. The van der Waals surface area contributed by atoms with Gasteiger partial charge in [-0.05, 0) is 37.6 Å². The topological polar surface area (TPSA) is 92.4 Å². The van der Waals surface area contributed by atoms with Gasteiger partial charge >= 0.3 is 5.97 Å². The number of aromatic carboxylic acids is 1. The maximum atomic E-state index is 13.5. The van der Waals surface area contributed by atoms with Crippen LogP contribution in [0.4, 0.5) is 10.1 Å². The van der Waals surface area contributed by atoms with Gasteiger partial charge in [-0.3, -0.25) is 4.79 Å². The highest BCUT2D eigenvalue weighted by molar-refractivity contribution is 5.95. The molecule has 0 bridgehead atoms. The van der Waals surface area contributed by atoms with Crippen molar-refractivity contribution in [3.8, 4) is 0 Å². The number of carboxylic acid groups (broad SMARTS) is 1. The molecule has 6 heteroatoms. The van der Waals surface area contributed by atoms with Crippen LogP contribution in [0.25, 0.3) is 0 Å². The number of rotatable bonds is 6. The van der Waals surface area contributed by atoms with Gasteiger partial charge in [0.05, 0.1) is 11.3 Å². The van der Waals surface area contributed by atoms with E-state index in [-0.39, 0.29) is 23.1 Å². The third-order valence-electron chi connectivity index (χ3n) is 2.76. The average molecular weight is 268 g/mol. The van der Waals surface area contributed by atoms with Crippen LogP contribution in [0.1, 0.15) is 30.1 Å². The number of halogens is 1. The second-order valence-electron chi connectivity index (χ2n) is 4.32. The Morgan fingerprint density at radius 1 is 1.47 bits per heavy atom. The Labute approximate surface area is 110 Å². The third-order valence-corrected chi connectivity index (χ3v) is 2.76. The Morgan fingerprint density at radius 3 is 2.74 bits per heavy atom. The van der Waals surface area contributed by atoms with Crippen LogP contribution >= 0.6 is 0 Å². The summed E-state index contributed by atoms with van der Waals surface area (Å²) in [5.41, 5.74) is 5.15. The lowest BCUT2D eigenvalue weighted by atomic mass is 10.0. The molecular formula is C13H17FN2O3. The first-order chi connectivity index (χ1) is 8.95. The summed E-state index contributed by atoms with van der Waals surface area (Å²) in [5, 5.41) is 11.2. The van der Waals surface area contributed by atoms with Gasteiger partial charge in [-0.15, -0.1) is 0 Å². The quantitative estimate of drug-likeness (QED) is 0.734. The monoisotopic (exact) mass is 268 g/mol. The van der Waals surface area contributed by atoms with Crippen molar-refractivity contribution in [2.24, 2.45) is 11.7 Å². The smallest absolute Gasteiger partial charge is 0.335 e. The van der Waals surface area contributed by atoms with Crippen molar-refractivity contribution in [3.05, 3.63) is 29.6 Å². The van der Waals surface area contributed by atoms with E-state index in [4.69, 9.17) is 10.8 Å². The molecule has 0 aromatic heterocycles. The standard InChI is InChI=1S/C13H17FN2O3/c1-8(3-2-6-15)12(17)16-11-7-9(13(18)19)4-5-10(11)14/h4-5,7-8H,2-3,6,15H2,1H3,(H,16,17)(H,18,19). The molecule has 0 aliphatic heterocycles. The summed E-state index contributed by atoms with van der Waals surface area (Å²) in [4.78, 5) is 22.6. The molecule has 0 heterocycles. The van der Waals surface area contributed by atoms with E-state index in [9.17, 15) is 14.0 Å². The number of benzene rings is 1. The fourth-order valence-electron chi connectivity index (χ4n) is 1.57. The lowest BCUT2D eigenvalue weighted by molar-refractivity contribution is -0.119. The first-order valence-corrected chi connectivity index (χ1v) is 5.99. The predicted octanol–water partition coefficient (Wildman–Crippen LogP) is 1.84. The van der Waals surface area contributed by atoms with Gasteiger partial charge in [-0.25, -0.2) is 9.18 Å². The summed E-state index contributed by atoms with van der Waals surface area (Å²) in [7, 11) is 0. The second-order valence-corrected chi connectivity index (χ2v) is 4.32. The normalized spacial score (nSPS) is 11.9. The van der Waals surface area contributed by atoms with Gasteiger partial charge < -0.3 is 16.2 Å². The highest BCUT2D eigenvalue weighted by Crippen LogP contribution is 2.18. The summed E-state index contributed by atoms with van der Waals surface area (Å²) in [6, 6.07) is 3.26. The summed E-state index contributed by atoms with van der Waals surface area (Å²) in [6.07, 6.45) is 1.30. The molecule has 19 heavy (non-hydrogen) atoms. The van der Waals surface area contributed by atoms with Gasteiger partial charge in [0, 0.05) is 5.92 Å². The van der Waals surface area contributed by atoms with E-state index < -0.39 is 11.8 Å². The van der Waals surface area contributed by atoms with Crippen molar-refractivity contribution in [2.75, 3.05) is 11.9 Å². The van der Waals surface area contributed by atoms with Crippen molar-refractivity contribution in [1.29, 1.82) is 0 Å². The number of carbonyl (C=O) groups is 2. The molecule has 1 aromatic carbocycles. The maximum absolute atomic E-state index is 13.5. The molecule has 1 unspecified atom stereocenters. The van der Waals surface area contributed by atoms with Crippen LogP contribution in [0.15, 0.2) is 18.2 Å². The van der Waals surface area contributed by atoms with Crippen LogP contribution in [0.2, 0.25) is 0 Å². The molecule has 0 saturated carbocycles. The zero-order valence-corrected chi connectivity index (χ0v) is 10.6. The van der Waals surface area contributed by atoms with Gasteiger partial charge in [0.1, 0.15) is 5.82 Å².